The number of ether oxygens (including phenoxy) is 1. The van der Waals surface area contributed by atoms with E-state index in [9.17, 15) is 4.79 Å². The Morgan fingerprint density at radius 2 is 2.10 bits per heavy atom. The summed E-state index contributed by atoms with van der Waals surface area (Å²) in [5, 5.41) is 4.27. The van der Waals surface area contributed by atoms with E-state index in [0.717, 1.165) is 28.4 Å². The van der Waals surface area contributed by atoms with E-state index in [-0.39, 0.29) is 18.6 Å². The lowest BCUT2D eigenvalue weighted by atomic mass is 10.1. The molecule has 1 aromatic heterocycles. The largest absolute Gasteiger partial charge is 0.399 e. The van der Waals surface area contributed by atoms with Crippen LogP contribution in [0.15, 0.2) is 29.6 Å². The second-order valence-corrected chi connectivity index (χ2v) is 8.72. The van der Waals surface area contributed by atoms with Crippen LogP contribution in [0.25, 0.3) is 0 Å². The molecule has 1 aliphatic heterocycles. The minimum atomic E-state index is -0.465. The molecule has 1 aromatic carbocycles. The third-order valence-electron chi connectivity index (χ3n) is 4.72. The van der Waals surface area contributed by atoms with Crippen LogP contribution >= 0.6 is 11.3 Å². The molecule has 3 rings (SSSR count). The molecule has 0 unspecified atom stereocenters. The summed E-state index contributed by atoms with van der Waals surface area (Å²) in [5.74, 6) is -0.110. The Bertz CT molecular complexity index is 807. The van der Waals surface area contributed by atoms with E-state index in [2.05, 4.69) is 17.7 Å². The van der Waals surface area contributed by atoms with Crippen molar-refractivity contribution in [1.82, 2.24) is 15.6 Å². The molecule has 0 saturated carbocycles. The average Bonchev–Trinajstić information content (AvgIpc) is 3.19. The van der Waals surface area contributed by atoms with Gasteiger partial charge in [0.2, 0.25) is 0 Å². The van der Waals surface area contributed by atoms with Crippen molar-refractivity contribution in [3.05, 3.63) is 45.9 Å². The fraction of sp³-hybridized carbons (Fsp3) is 0.524. The summed E-state index contributed by atoms with van der Waals surface area (Å²) in [6, 6.07) is 7.56. The number of hydrogen-bond acceptors (Lipinski definition) is 7. The Labute approximate surface area is 176 Å². The second-order valence-electron chi connectivity index (χ2n) is 7.83. The number of aromatic nitrogens is 1. The number of nitrogens with one attached hydrogen (secondary N) is 1. The van der Waals surface area contributed by atoms with E-state index in [0.29, 0.717) is 25.9 Å². The molecular formula is C21H30N4O3S. The van der Waals surface area contributed by atoms with Gasteiger partial charge in [0.15, 0.2) is 0 Å². The van der Waals surface area contributed by atoms with Crippen molar-refractivity contribution in [2.75, 3.05) is 18.9 Å². The number of aryl methyl sites for hydroxylation is 1. The molecular weight excluding hydrogens is 388 g/mol. The van der Waals surface area contributed by atoms with Crippen LogP contribution in [0.1, 0.15) is 55.9 Å². The van der Waals surface area contributed by atoms with Gasteiger partial charge in [-0.2, -0.15) is 5.43 Å². The maximum Gasteiger partial charge on any atom is 0.261 e. The van der Waals surface area contributed by atoms with Crippen molar-refractivity contribution in [1.29, 1.82) is 0 Å². The lowest BCUT2D eigenvalue weighted by Gasteiger charge is -2.30. The standard InChI is InChI=1S/C21H30N4O3S/c1-4-17-13-29-20(23-17)18(12-15-7-9-16(22)10-8-15)24-25-19(26)6-5-11-27-21(2,3)14-28-25/h7-10,13,18,24H,4-6,11-12,14,22H2,1-3H3/t18-/m0/s1. The molecule has 7 nitrogen and oxygen atoms in total. The molecule has 0 aliphatic carbocycles. The normalized spacial score (nSPS) is 18.7. The van der Waals surface area contributed by atoms with Gasteiger partial charge in [-0.05, 0) is 50.8 Å². The van der Waals surface area contributed by atoms with Crippen LogP contribution in [0.4, 0.5) is 5.69 Å². The van der Waals surface area contributed by atoms with E-state index in [1.165, 1.54) is 5.17 Å². The highest BCUT2D eigenvalue weighted by Gasteiger charge is 2.28. The van der Waals surface area contributed by atoms with E-state index in [1.807, 2.05) is 38.1 Å². The number of nitrogens with zero attached hydrogens (tertiary/aromatic N) is 2. The monoisotopic (exact) mass is 418 g/mol. The zero-order valence-electron chi connectivity index (χ0n) is 17.3. The smallest absolute Gasteiger partial charge is 0.261 e. The summed E-state index contributed by atoms with van der Waals surface area (Å²) in [7, 11) is 0. The van der Waals surface area contributed by atoms with Crippen LogP contribution in [0.2, 0.25) is 0 Å². The number of rotatable bonds is 6. The SMILES string of the molecule is CCc1csc([C@H](Cc2ccc(N)cc2)NN2OCC(C)(C)OCCCC2=O)n1. The molecule has 0 bridgehead atoms. The molecule has 2 aromatic rings. The summed E-state index contributed by atoms with van der Waals surface area (Å²) in [6.07, 6.45) is 2.54. The number of nitrogen functional groups attached to an aromatic ring is 1. The van der Waals surface area contributed by atoms with Crippen LogP contribution in [0, 0.1) is 0 Å². The predicted molar refractivity (Wildman–Crippen MR) is 114 cm³/mol. The van der Waals surface area contributed by atoms with Gasteiger partial charge in [0, 0.05) is 24.1 Å². The maximum atomic E-state index is 12.7. The number of thiazole rings is 1. The molecule has 0 radical (unpaired) electrons. The van der Waals surface area contributed by atoms with Crippen molar-refractivity contribution >= 4 is 22.9 Å². The quantitative estimate of drug-likeness (QED) is 0.699. The Kier molecular flexibility index (Phi) is 7.23. The highest BCUT2D eigenvalue weighted by atomic mass is 32.1. The minimum absolute atomic E-state index is 0.110. The van der Waals surface area contributed by atoms with E-state index < -0.39 is 5.60 Å². The van der Waals surface area contributed by atoms with Gasteiger partial charge in [-0.1, -0.05) is 19.1 Å². The fourth-order valence-electron chi connectivity index (χ4n) is 2.98. The van der Waals surface area contributed by atoms with Crippen molar-refractivity contribution in [2.24, 2.45) is 0 Å². The van der Waals surface area contributed by atoms with Gasteiger partial charge in [-0.3, -0.25) is 9.63 Å². The third kappa shape index (κ3) is 6.24. The van der Waals surface area contributed by atoms with E-state index >= 15 is 0 Å². The van der Waals surface area contributed by atoms with Crippen molar-refractivity contribution in [2.45, 2.75) is 58.1 Å². The molecule has 1 saturated heterocycles. The summed E-state index contributed by atoms with van der Waals surface area (Å²) in [4.78, 5) is 23.3. The van der Waals surface area contributed by atoms with Crippen molar-refractivity contribution in [3.63, 3.8) is 0 Å². The van der Waals surface area contributed by atoms with Crippen LogP contribution < -0.4 is 11.2 Å². The van der Waals surface area contributed by atoms with Crippen LogP contribution in [-0.2, 0) is 27.2 Å². The molecule has 1 aliphatic rings. The number of anilines is 1. The highest BCUT2D eigenvalue weighted by Crippen LogP contribution is 2.25. The van der Waals surface area contributed by atoms with Gasteiger partial charge in [-0.15, -0.1) is 16.5 Å². The van der Waals surface area contributed by atoms with Crippen molar-refractivity contribution < 1.29 is 14.4 Å². The van der Waals surface area contributed by atoms with Crippen LogP contribution in [0.3, 0.4) is 0 Å². The van der Waals surface area contributed by atoms with E-state index in [1.54, 1.807) is 11.3 Å². The molecule has 1 amide bonds. The molecule has 29 heavy (non-hydrogen) atoms. The predicted octanol–water partition coefficient (Wildman–Crippen LogP) is 3.43. The van der Waals surface area contributed by atoms with Gasteiger partial charge in [0.25, 0.3) is 5.91 Å². The van der Waals surface area contributed by atoms with Crippen LogP contribution in [-0.4, -0.2) is 34.9 Å². The summed E-state index contributed by atoms with van der Waals surface area (Å²) in [6.45, 7) is 6.82. The molecule has 1 atom stereocenters. The number of nitrogens with two attached hydrogens (primary N) is 1. The third-order valence-corrected chi connectivity index (χ3v) is 5.73. The summed E-state index contributed by atoms with van der Waals surface area (Å²) in [5.41, 5.74) is 11.5. The summed E-state index contributed by atoms with van der Waals surface area (Å²) < 4.78 is 5.81. The summed E-state index contributed by atoms with van der Waals surface area (Å²) >= 11 is 1.59. The molecule has 3 N–H and O–H groups in total. The zero-order valence-corrected chi connectivity index (χ0v) is 18.1. The van der Waals surface area contributed by atoms with Gasteiger partial charge >= 0.3 is 0 Å². The first kappa shape index (κ1) is 21.7. The number of hydrogen-bond donors (Lipinski definition) is 2. The van der Waals surface area contributed by atoms with Crippen molar-refractivity contribution in [3.8, 4) is 0 Å². The number of hydrazine groups is 1. The number of carbonyl (C=O) groups is 1. The number of benzene rings is 1. The highest BCUT2D eigenvalue weighted by molar-refractivity contribution is 7.09. The van der Waals surface area contributed by atoms with Crippen LogP contribution in [0.5, 0.6) is 0 Å². The van der Waals surface area contributed by atoms with Gasteiger partial charge in [0.05, 0.1) is 17.3 Å². The Morgan fingerprint density at radius 3 is 2.79 bits per heavy atom. The number of hydroxylamine groups is 1. The Balaban J connectivity index is 1.81. The fourth-order valence-corrected chi connectivity index (χ4v) is 3.93. The first-order valence-corrected chi connectivity index (χ1v) is 10.9. The van der Waals surface area contributed by atoms with Gasteiger partial charge < -0.3 is 10.5 Å². The Hall–Kier alpha value is -2.00. The molecule has 0 spiro atoms. The molecule has 158 valence electrons. The molecule has 1 fully saturated rings. The first-order valence-electron chi connectivity index (χ1n) is 10.0. The lowest BCUT2D eigenvalue weighted by Crippen LogP contribution is -2.47. The number of amides is 1. The maximum absolute atomic E-state index is 12.7. The van der Waals surface area contributed by atoms with Gasteiger partial charge in [-0.25, -0.2) is 4.98 Å². The zero-order chi connectivity index (χ0) is 20.9. The minimum Gasteiger partial charge on any atom is -0.399 e. The number of carbonyl (C=O) groups excluding carboxylic acids is 1. The molecule has 2 heterocycles. The second kappa shape index (κ2) is 9.67. The topological polar surface area (TPSA) is 89.7 Å². The Morgan fingerprint density at radius 1 is 1.34 bits per heavy atom. The average molecular weight is 419 g/mol. The van der Waals surface area contributed by atoms with E-state index in [4.69, 9.17) is 20.3 Å². The molecule has 8 heteroatoms. The lowest BCUT2D eigenvalue weighted by molar-refractivity contribution is -0.228. The van der Waals surface area contributed by atoms with Gasteiger partial charge in [0.1, 0.15) is 11.6 Å². The first-order chi connectivity index (χ1) is 13.9.